The number of nitrogens with zero attached hydrogens (tertiary/aromatic N) is 1. The molecule has 2 rings (SSSR count). The van der Waals surface area contributed by atoms with Crippen LogP contribution in [0.1, 0.15) is 25.8 Å². The standard InChI is InChI=1S/C13H18N2O2/c1-3-9(2)12-13(16)15(17)11-7-5-4-6-10(11)8-14-12/h4-7,9,12,14,17H,3,8H2,1-2H3/t9-,12-/m0/s1. The van der Waals surface area contributed by atoms with Crippen LogP contribution in [-0.4, -0.2) is 17.2 Å². The van der Waals surface area contributed by atoms with Crippen LogP contribution in [0.25, 0.3) is 0 Å². The second-order valence-electron chi connectivity index (χ2n) is 4.52. The SMILES string of the molecule is CC[C@H](C)[C@@H]1NCc2ccccc2N(O)C1=O. The first-order valence-electron chi connectivity index (χ1n) is 5.99. The number of anilines is 1. The second kappa shape index (κ2) is 4.85. The third-order valence-electron chi connectivity index (χ3n) is 3.42. The number of fused-ring (bicyclic) bond motifs is 1. The minimum absolute atomic E-state index is 0.200. The largest absolute Gasteiger partial charge is 0.301 e. The average molecular weight is 234 g/mol. The molecule has 0 bridgehead atoms. The third-order valence-corrected chi connectivity index (χ3v) is 3.42. The van der Waals surface area contributed by atoms with Crippen LogP contribution in [0.3, 0.4) is 0 Å². The average Bonchev–Trinajstić information content (AvgIpc) is 2.49. The Morgan fingerprint density at radius 3 is 2.94 bits per heavy atom. The maximum Gasteiger partial charge on any atom is 0.268 e. The lowest BCUT2D eigenvalue weighted by Gasteiger charge is -2.23. The summed E-state index contributed by atoms with van der Waals surface area (Å²) in [5.41, 5.74) is 1.52. The van der Waals surface area contributed by atoms with Crippen LogP contribution < -0.4 is 10.4 Å². The molecule has 0 fully saturated rings. The van der Waals surface area contributed by atoms with Crippen LogP contribution in [0.2, 0.25) is 0 Å². The van der Waals surface area contributed by atoms with E-state index >= 15 is 0 Å². The molecule has 2 atom stereocenters. The zero-order valence-electron chi connectivity index (χ0n) is 10.2. The van der Waals surface area contributed by atoms with Gasteiger partial charge in [0, 0.05) is 6.54 Å². The maximum absolute atomic E-state index is 12.1. The van der Waals surface area contributed by atoms with Crippen LogP contribution in [0.5, 0.6) is 0 Å². The summed E-state index contributed by atoms with van der Waals surface area (Å²) < 4.78 is 0. The Labute approximate surface area is 101 Å². The van der Waals surface area contributed by atoms with Crippen molar-refractivity contribution in [2.45, 2.75) is 32.9 Å². The predicted octanol–water partition coefficient (Wildman–Crippen LogP) is 1.93. The highest BCUT2D eigenvalue weighted by Crippen LogP contribution is 2.24. The molecule has 0 aliphatic carbocycles. The van der Waals surface area contributed by atoms with E-state index in [1.54, 1.807) is 6.07 Å². The maximum atomic E-state index is 12.1. The van der Waals surface area contributed by atoms with Gasteiger partial charge in [0.2, 0.25) is 0 Å². The van der Waals surface area contributed by atoms with Crippen molar-refractivity contribution in [1.82, 2.24) is 5.32 Å². The van der Waals surface area contributed by atoms with Crippen LogP contribution in [0.4, 0.5) is 5.69 Å². The number of hydroxylamine groups is 1. The Balaban J connectivity index is 2.32. The molecule has 0 spiro atoms. The highest BCUT2D eigenvalue weighted by atomic mass is 16.5. The van der Waals surface area contributed by atoms with E-state index in [-0.39, 0.29) is 17.9 Å². The van der Waals surface area contributed by atoms with Crippen molar-refractivity contribution in [3.63, 3.8) is 0 Å². The molecule has 1 heterocycles. The van der Waals surface area contributed by atoms with Gasteiger partial charge >= 0.3 is 0 Å². The number of benzene rings is 1. The van der Waals surface area contributed by atoms with Crippen molar-refractivity contribution in [3.8, 4) is 0 Å². The number of hydrogen-bond acceptors (Lipinski definition) is 3. The fraction of sp³-hybridized carbons (Fsp3) is 0.462. The van der Waals surface area contributed by atoms with Gasteiger partial charge in [-0.3, -0.25) is 10.0 Å². The van der Waals surface area contributed by atoms with E-state index in [0.717, 1.165) is 17.0 Å². The number of hydrogen-bond donors (Lipinski definition) is 2. The summed E-state index contributed by atoms with van der Waals surface area (Å²) in [4.78, 5) is 12.1. The van der Waals surface area contributed by atoms with Crippen molar-refractivity contribution in [2.24, 2.45) is 5.92 Å². The molecule has 92 valence electrons. The summed E-state index contributed by atoms with van der Waals surface area (Å²) in [5, 5.41) is 14.0. The Bertz CT molecular complexity index is 420. The third kappa shape index (κ3) is 2.18. The van der Waals surface area contributed by atoms with Gasteiger partial charge in [0.25, 0.3) is 5.91 Å². The highest BCUT2D eigenvalue weighted by molar-refractivity contribution is 5.96. The van der Waals surface area contributed by atoms with Gasteiger partial charge in [0.15, 0.2) is 0 Å². The minimum Gasteiger partial charge on any atom is -0.301 e. The van der Waals surface area contributed by atoms with Gasteiger partial charge in [0.05, 0.1) is 11.7 Å². The van der Waals surface area contributed by atoms with Crippen molar-refractivity contribution < 1.29 is 10.0 Å². The number of para-hydroxylation sites is 1. The van der Waals surface area contributed by atoms with E-state index < -0.39 is 0 Å². The van der Waals surface area contributed by atoms with E-state index in [2.05, 4.69) is 5.32 Å². The Kier molecular flexibility index (Phi) is 3.45. The molecule has 4 nitrogen and oxygen atoms in total. The molecule has 1 aliphatic heterocycles. The van der Waals surface area contributed by atoms with Gasteiger partial charge in [-0.2, -0.15) is 5.06 Å². The van der Waals surface area contributed by atoms with Crippen molar-refractivity contribution in [3.05, 3.63) is 29.8 Å². The summed E-state index contributed by atoms with van der Waals surface area (Å²) in [7, 11) is 0. The molecule has 0 saturated heterocycles. The van der Waals surface area contributed by atoms with E-state index in [1.165, 1.54) is 0 Å². The molecule has 1 aromatic rings. The van der Waals surface area contributed by atoms with E-state index in [4.69, 9.17) is 0 Å². The van der Waals surface area contributed by atoms with Gasteiger partial charge in [-0.1, -0.05) is 38.5 Å². The van der Waals surface area contributed by atoms with Crippen molar-refractivity contribution >= 4 is 11.6 Å². The summed E-state index contributed by atoms with van der Waals surface area (Å²) in [6, 6.07) is 7.07. The topological polar surface area (TPSA) is 52.6 Å². The lowest BCUT2D eigenvalue weighted by atomic mass is 9.98. The quantitative estimate of drug-likeness (QED) is 0.769. The Morgan fingerprint density at radius 1 is 1.53 bits per heavy atom. The first kappa shape index (κ1) is 12.1. The molecule has 1 amide bonds. The van der Waals surface area contributed by atoms with Crippen molar-refractivity contribution in [1.29, 1.82) is 0 Å². The molecule has 1 aliphatic rings. The van der Waals surface area contributed by atoms with Gasteiger partial charge in [0.1, 0.15) is 0 Å². The number of nitrogens with one attached hydrogen (secondary N) is 1. The summed E-state index contributed by atoms with van der Waals surface area (Å²) in [6.07, 6.45) is 0.896. The van der Waals surface area contributed by atoms with Gasteiger partial charge < -0.3 is 5.32 Å². The molecule has 2 N–H and O–H groups in total. The first-order valence-corrected chi connectivity index (χ1v) is 5.99. The Hall–Kier alpha value is -1.39. The fourth-order valence-corrected chi connectivity index (χ4v) is 2.10. The van der Waals surface area contributed by atoms with Crippen LogP contribution in [0.15, 0.2) is 24.3 Å². The normalized spacial score (nSPS) is 21.9. The fourth-order valence-electron chi connectivity index (χ4n) is 2.10. The molecule has 0 aromatic heterocycles. The molecular formula is C13H18N2O2. The number of rotatable bonds is 2. The predicted molar refractivity (Wildman–Crippen MR) is 65.8 cm³/mol. The molecule has 0 saturated carbocycles. The van der Waals surface area contributed by atoms with Gasteiger partial charge in [-0.05, 0) is 17.5 Å². The second-order valence-corrected chi connectivity index (χ2v) is 4.52. The van der Waals surface area contributed by atoms with Gasteiger partial charge in [-0.25, -0.2) is 0 Å². The molecule has 0 unspecified atom stereocenters. The summed E-state index contributed by atoms with van der Waals surface area (Å²) >= 11 is 0. The van der Waals surface area contributed by atoms with Crippen molar-refractivity contribution in [2.75, 3.05) is 5.06 Å². The summed E-state index contributed by atoms with van der Waals surface area (Å²) in [6.45, 7) is 4.66. The highest BCUT2D eigenvalue weighted by Gasteiger charge is 2.31. The lowest BCUT2D eigenvalue weighted by molar-refractivity contribution is -0.126. The Morgan fingerprint density at radius 2 is 2.24 bits per heavy atom. The molecule has 17 heavy (non-hydrogen) atoms. The van der Waals surface area contributed by atoms with Crippen LogP contribution in [0, 0.1) is 5.92 Å². The molecule has 1 aromatic carbocycles. The lowest BCUT2D eigenvalue weighted by Crippen LogP contribution is -2.46. The number of carbonyl (C=O) groups is 1. The zero-order valence-corrected chi connectivity index (χ0v) is 10.2. The van der Waals surface area contributed by atoms with Crippen LogP contribution in [-0.2, 0) is 11.3 Å². The molecule has 4 heteroatoms. The van der Waals surface area contributed by atoms with Crippen LogP contribution >= 0.6 is 0 Å². The molecular weight excluding hydrogens is 216 g/mol. The van der Waals surface area contributed by atoms with Gasteiger partial charge in [-0.15, -0.1) is 0 Å². The smallest absolute Gasteiger partial charge is 0.268 e. The monoisotopic (exact) mass is 234 g/mol. The zero-order chi connectivity index (χ0) is 12.4. The van der Waals surface area contributed by atoms with E-state index in [0.29, 0.717) is 12.2 Å². The number of amides is 1. The molecule has 0 radical (unpaired) electrons. The van der Waals surface area contributed by atoms with E-state index in [1.807, 2.05) is 32.0 Å². The van der Waals surface area contributed by atoms with E-state index in [9.17, 15) is 10.0 Å². The minimum atomic E-state index is -0.322. The summed E-state index contributed by atoms with van der Waals surface area (Å²) in [5.74, 6) is -0.0734. The first-order chi connectivity index (χ1) is 8.15. The number of carbonyl (C=O) groups excluding carboxylic acids is 1.